The molecule has 142 valence electrons. The summed E-state index contributed by atoms with van der Waals surface area (Å²) in [5.74, 6) is -0.586. The summed E-state index contributed by atoms with van der Waals surface area (Å²) in [6.45, 7) is 4.70. The Morgan fingerprint density at radius 3 is 2.75 bits per heavy atom. The summed E-state index contributed by atoms with van der Waals surface area (Å²) in [5, 5.41) is 2.84. The first-order valence-electron chi connectivity index (χ1n) is 8.94. The molecule has 0 spiro atoms. The zero-order valence-electron chi connectivity index (χ0n) is 15.1. The van der Waals surface area contributed by atoms with Crippen molar-refractivity contribution in [2.24, 2.45) is 0 Å². The summed E-state index contributed by atoms with van der Waals surface area (Å²) in [4.78, 5) is 33.1. The van der Waals surface area contributed by atoms with E-state index in [0.29, 0.717) is 29.9 Å². The molecule has 0 aliphatic carbocycles. The molecule has 3 heterocycles. The Morgan fingerprint density at radius 2 is 2.04 bits per heavy atom. The maximum Gasteiger partial charge on any atom is 0.322 e. The number of hydrogen-bond donors (Lipinski definition) is 1. The minimum absolute atomic E-state index is 0.171. The average Bonchev–Trinajstić information content (AvgIpc) is 3.01. The summed E-state index contributed by atoms with van der Waals surface area (Å²) < 4.78 is 13.8. The molecule has 7 heteroatoms. The quantitative estimate of drug-likeness (QED) is 0.814. The molecular weight excluding hydrogens is 359 g/mol. The monoisotopic (exact) mass is 378 g/mol. The molecule has 2 aromatic rings. The van der Waals surface area contributed by atoms with E-state index in [9.17, 15) is 14.0 Å². The number of benzene rings is 1. The molecule has 1 atom stereocenters. The van der Waals surface area contributed by atoms with Gasteiger partial charge in [0, 0.05) is 25.5 Å². The number of amides is 3. The fourth-order valence-electron chi connectivity index (χ4n) is 3.64. The van der Waals surface area contributed by atoms with Crippen LogP contribution in [0.5, 0.6) is 0 Å². The number of rotatable bonds is 5. The van der Waals surface area contributed by atoms with E-state index in [4.69, 9.17) is 0 Å². The van der Waals surface area contributed by atoms with Crippen LogP contribution in [0.2, 0.25) is 0 Å². The molecule has 4 rings (SSSR count). The molecule has 0 saturated carbocycles. The predicted octanol–water partition coefficient (Wildman–Crippen LogP) is 2.77. The van der Waals surface area contributed by atoms with Crippen LogP contribution in [0.4, 0.5) is 9.18 Å². The first kappa shape index (κ1) is 17.9. The third-order valence-electron chi connectivity index (χ3n) is 4.91. The number of urea groups is 1. The second-order valence-electron chi connectivity index (χ2n) is 6.71. The minimum atomic E-state index is -0.686. The van der Waals surface area contributed by atoms with Gasteiger partial charge in [-0.15, -0.1) is 6.58 Å². The van der Waals surface area contributed by atoms with Gasteiger partial charge in [-0.2, -0.15) is 0 Å². The topological polar surface area (TPSA) is 65.5 Å². The van der Waals surface area contributed by atoms with Crippen LogP contribution in [0.15, 0.2) is 72.7 Å². The number of pyridine rings is 1. The molecule has 3 amide bonds. The molecule has 2 aliphatic heterocycles. The third-order valence-corrected chi connectivity index (χ3v) is 4.91. The van der Waals surface area contributed by atoms with Gasteiger partial charge in [-0.1, -0.05) is 18.2 Å². The van der Waals surface area contributed by atoms with E-state index in [-0.39, 0.29) is 18.5 Å². The van der Waals surface area contributed by atoms with Crippen molar-refractivity contribution in [3.63, 3.8) is 0 Å². The lowest BCUT2D eigenvalue weighted by molar-refractivity contribution is -0.126. The zero-order valence-corrected chi connectivity index (χ0v) is 15.1. The zero-order chi connectivity index (χ0) is 19.7. The van der Waals surface area contributed by atoms with Gasteiger partial charge in [0.25, 0.3) is 5.91 Å². The molecule has 1 aromatic carbocycles. The Morgan fingerprint density at radius 1 is 1.25 bits per heavy atom. The average molecular weight is 378 g/mol. The maximum absolute atomic E-state index is 13.8. The molecule has 0 saturated heterocycles. The van der Waals surface area contributed by atoms with Crippen molar-refractivity contribution in [2.45, 2.75) is 12.6 Å². The van der Waals surface area contributed by atoms with Crippen LogP contribution in [0.1, 0.15) is 17.2 Å². The number of nitrogens with zero attached hydrogens (tertiary/aromatic N) is 3. The second kappa shape index (κ2) is 7.26. The second-order valence-corrected chi connectivity index (χ2v) is 6.71. The Kier molecular flexibility index (Phi) is 4.65. The van der Waals surface area contributed by atoms with E-state index in [2.05, 4.69) is 16.9 Å². The lowest BCUT2D eigenvalue weighted by Gasteiger charge is -2.33. The Balaban J connectivity index is 1.72. The summed E-state index contributed by atoms with van der Waals surface area (Å²) in [6, 6.07) is 8.64. The highest BCUT2D eigenvalue weighted by Crippen LogP contribution is 2.36. The van der Waals surface area contributed by atoms with E-state index in [0.717, 1.165) is 5.56 Å². The van der Waals surface area contributed by atoms with Gasteiger partial charge in [0.05, 0.1) is 23.9 Å². The molecule has 0 radical (unpaired) electrons. The van der Waals surface area contributed by atoms with Gasteiger partial charge in [-0.25, -0.2) is 9.18 Å². The number of aromatic nitrogens is 1. The molecule has 1 N–H and O–H groups in total. The Bertz CT molecular complexity index is 973. The smallest absolute Gasteiger partial charge is 0.322 e. The molecule has 28 heavy (non-hydrogen) atoms. The van der Waals surface area contributed by atoms with Crippen molar-refractivity contribution < 1.29 is 14.0 Å². The van der Waals surface area contributed by atoms with Crippen molar-refractivity contribution in [3.05, 3.63) is 89.7 Å². The molecule has 6 nitrogen and oxygen atoms in total. The highest BCUT2D eigenvalue weighted by Gasteiger charge is 2.43. The number of nitrogens with one attached hydrogen (secondary N) is 1. The van der Waals surface area contributed by atoms with Crippen molar-refractivity contribution >= 4 is 11.9 Å². The van der Waals surface area contributed by atoms with Crippen LogP contribution in [0.25, 0.3) is 0 Å². The van der Waals surface area contributed by atoms with Gasteiger partial charge in [0.1, 0.15) is 5.82 Å². The van der Waals surface area contributed by atoms with Crippen LogP contribution in [-0.4, -0.2) is 39.8 Å². The van der Waals surface area contributed by atoms with Crippen molar-refractivity contribution in [1.82, 2.24) is 20.1 Å². The Labute approximate surface area is 162 Å². The van der Waals surface area contributed by atoms with E-state index < -0.39 is 11.9 Å². The number of carbonyl (C=O) groups excluding carboxylic acids is 2. The highest BCUT2D eigenvalue weighted by molar-refractivity contribution is 6.01. The molecule has 1 unspecified atom stereocenters. The SMILES string of the molecule is C=CCN1C(=O)NC(c2cccc(F)c2)C2=C1CN(Cc1ccncc1)C2=O. The first-order chi connectivity index (χ1) is 13.6. The number of halogens is 1. The van der Waals surface area contributed by atoms with Crippen molar-refractivity contribution in [2.75, 3.05) is 13.1 Å². The van der Waals surface area contributed by atoms with Gasteiger partial charge in [0.2, 0.25) is 0 Å². The van der Waals surface area contributed by atoms with E-state index in [1.54, 1.807) is 35.5 Å². The summed E-state index contributed by atoms with van der Waals surface area (Å²) in [7, 11) is 0. The third kappa shape index (κ3) is 3.15. The van der Waals surface area contributed by atoms with Crippen LogP contribution in [0, 0.1) is 5.82 Å². The van der Waals surface area contributed by atoms with Gasteiger partial charge in [0.15, 0.2) is 0 Å². The van der Waals surface area contributed by atoms with Gasteiger partial charge >= 0.3 is 6.03 Å². The fourth-order valence-corrected chi connectivity index (χ4v) is 3.64. The normalized spacial score (nSPS) is 19.0. The van der Waals surface area contributed by atoms with E-state index in [1.807, 2.05) is 12.1 Å². The molecule has 0 bridgehead atoms. The minimum Gasteiger partial charge on any atom is -0.329 e. The van der Waals surface area contributed by atoms with Crippen LogP contribution < -0.4 is 5.32 Å². The maximum atomic E-state index is 13.8. The number of hydrogen-bond acceptors (Lipinski definition) is 3. The van der Waals surface area contributed by atoms with Gasteiger partial charge in [-0.3, -0.25) is 14.7 Å². The van der Waals surface area contributed by atoms with Gasteiger partial charge < -0.3 is 10.2 Å². The van der Waals surface area contributed by atoms with E-state index >= 15 is 0 Å². The van der Waals surface area contributed by atoms with Crippen LogP contribution in [-0.2, 0) is 11.3 Å². The number of carbonyl (C=O) groups is 2. The largest absolute Gasteiger partial charge is 0.329 e. The van der Waals surface area contributed by atoms with Crippen molar-refractivity contribution in [3.8, 4) is 0 Å². The molecular formula is C21H19FN4O2. The predicted molar refractivity (Wildman–Crippen MR) is 101 cm³/mol. The summed E-state index contributed by atoms with van der Waals surface area (Å²) in [5.41, 5.74) is 2.59. The summed E-state index contributed by atoms with van der Waals surface area (Å²) >= 11 is 0. The summed E-state index contributed by atoms with van der Waals surface area (Å²) in [6.07, 6.45) is 4.96. The highest BCUT2D eigenvalue weighted by atomic mass is 19.1. The molecule has 2 aliphatic rings. The van der Waals surface area contributed by atoms with Crippen molar-refractivity contribution in [1.29, 1.82) is 0 Å². The van der Waals surface area contributed by atoms with E-state index in [1.165, 1.54) is 17.0 Å². The Hall–Kier alpha value is -3.48. The first-order valence-corrected chi connectivity index (χ1v) is 8.94. The lowest BCUT2D eigenvalue weighted by atomic mass is 9.95. The lowest BCUT2D eigenvalue weighted by Crippen LogP contribution is -2.47. The van der Waals surface area contributed by atoms with Crippen LogP contribution in [0.3, 0.4) is 0 Å². The molecule has 0 fully saturated rings. The standard InChI is InChI=1S/C21H19FN4O2/c1-2-10-26-17-13-25(12-14-6-8-23-9-7-14)20(27)18(17)19(24-21(26)28)15-4-3-5-16(22)11-15/h2-9,11,19H,1,10,12-13H2,(H,24,28). The van der Waals surface area contributed by atoms with Crippen LogP contribution >= 0.6 is 0 Å². The van der Waals surface area contributed by atoms with Gasteiger partial charge in [-0.05, 0) is 35.4 Å². The fraction of sp³-hybridized carbons (Fsp3) is 0.190. The molecule has 1 aromatic heterocycles.